The molecule has 1 aromatic rings. The topological polar surface area (TPSA) is 63.7 Å². The van der Waals surface area contributed by atoms with Gasteiger partial charge in [-0.3, -0.25) is 9.78 Å². The molecule has 1 aliphatic rings. The van der Waals surface area contributed by atoms with Gasteiger partial charge in [-0.1, -0.05) is 13.8 Å². The molecule has 0 aromatic carbocycles. The van der Waals surface area contributed by atoms with E-state index in [9.17, 15) is 4.79 Å². The number of methoxy groups -OCH3 is 1. The highest BCUT2D eigenvalue weighted by Crippen LogP contribution is 2.19. The van der Waals surface area contributed by atoms with Gasteiger partial charge in [-0.25, -0.2) is 0 Å². The lowest BCUT2D eigenvalue weighted by atomic mass is 9.97. The predicted octanol–water partition coefficient (Wildman–Crippen LogP) is 1.85. The number of carbonyl (C=O) groups is 1. The number of anilines is 1. The van der Waals surface area contributed by atoms with Gasteiger partial charge < -0.3 is 19.7 Å². The van der Waals surface area contributed by atoms with Gasteiger partial charge in [0.1, 0.15) is 0 Å². The number of hydrogen-bond acceptors (Lipinski definition) is 5. The normalized spacial score (nSPS) is 15.5. The van der Waals surface area contributed by atoms with Crippen molar-refractivity contribution in [3.63, 3.8) is 0 Å². The lowest BCUT2D eigenvalue weighted by Crippen LogP contribution is -2.43. The van der Waals surface area contributed by atoms with Crippen LogP contribution < -0.4 is 10.2 Å². The molecule has 0 radical (unpaired) electrons. The molecule has 0 saturated carbocycles. The van der Waals surface area contributed by atoms with Crippen LogP contribution in [0.25, 0.3) is 0 Å². The lowest BCUT2D eigenvalue weighted by Gasteiger charge is -2.30. The van der Waals surface area contributed by atoms with Gasteiger partial charge in [0, 0.05) is 32.9 Å². The molecule has 6 heteroatoms. The molecule has 1 aliphatic heterocycles. The highest BCUT2D eigenvalue weighted by Gasteiger charge is 2.26. The fraction of sp³-hybridized carbons (Fsp3) is 0.647. The third-order valence-electron chi connectivity index (χ3n) is 4.66. The Hall–Kier alpha value is -1.66. The quantitative estimate of drug-likeness (QED) is 0.830. The third-order valence-corrected chi connectivity index (χ3v) is 4.66. The number of amides is 1. The van der Waals surface area contributed by atoms with E-state index in [1.807, 2.05) is 6.07 Å². The third kappa shape index (κ3) is 4.42. The Bertz CT molecular complexity index is 503. The first-order valence-corrected chi connectivity index (χ1v) is 8.25. The minimum Gasteiger partial charge on any atom is -0.378 e. The van der Waals surface area contributed by atoms with Crippen molar-refractivity contribution in [2.45, 2.75) is 32.3 Å². The molecule has 2 rings (SSSR count). The summed E-state index contributed by atoms with van der Waals surface area (Å²) in [6.07, 6.45) is 5.10. The van der Waals surface area contributed by atoms with Crippen LogP contribution >= 0.6 is 0 Å². The van der Waals surface area contributed by atoms with Gasteiger partial charge in [-0.2, -0.15) is 0 Å². The first-order valence-electron chi connectivity index (χ1n) is 8.25. The number of hydrogen-bond donors (Lipinski definition) is 1. The first kappa shape index (κ1) is 17.7. The molecule has 1 saturated heterocycles. The number of carbonyl (C=O) groups excluding carboxylic acids is 1. The van der Waals surface area contributed by atoms with Crippen molar-refractivity contribution in [3.05, 3.63) is 24.0 Å². The molecule has 6 nitrogen and oxygen atoms in total. The van der Waals surface area contributed by atoms with Crippen LogP contribution in [0.5, 0.6) is 0 Å². The van der Waals surface area contributed by atoms with E-state index in [4.69, 9.17) is 9.47 Å². The largest absolute Gasteiger partial charge is 0.378 e. The molecule has 1 fully saturated rings. The summed E-state index contributed by atoms with van der Waals surface area (Å²) >= 11 is 0. The number of nitrogens with zero attached hydrogens (tertiary/aromatic N) is 2. The second-order valence-corrected chi connectivity index (χ2v) is 5.81. The smallest absolute Gasteiger partial charge is 0.253 e. The molecule has 0 bridgehead atoms. The molecule has 128 valence electrons. The molecular formula is C17H27N3O3. The highest BCUT2D eigenvalue weighted by atomic mass is 16.5. The van der Waals surface area contributed by atoms with E-state index >= 15 is 0 Å². The Morgan fingerprint density at radius 1 is 1.35 bits per heavy atom. The van der Waals surface area contributed by atoms with Gasteiger partial charge >= 0.3 is 0 Å². The molecule has 2 heterocycles. The van der Waals surface area contributed by atoms with Crippen molar-refractivity contribution < 1.29 is 14.3 Å². The standard InChI is InChI=1S/C17H27N3O3/c1-4-17(5-2,22-3)13-19-16(21)14-10-15(12-18-11-14)20-6-8-23-9-7-20/h10-12H,4-9,13H2,1-3H3,(H,19,21). The minimum absolute atomic E-state index is 0.115. The number of nitrogens with one attached hydrogen (secondary N) is 1. The summed E-state index contributed by atoms with van der Waals surface area (Å²) in [6, 6.07) is 1.89. The van der Waals surface area contributed by atoms with E-state index in [-0.39, 0.29) is 11.5 Å². The number of aromatic nitrogens is 1. The summed E-state index contributed by atoms with van der Waals surface area (Å²) in [5.74, 6) is -0.115. The van der Waals surface area contributed by atoms with Crippen molar-refractivity contribution in [1.82, 2.24) is 10.3 Å². The van der Waals surface area contributed by atoms with E-state index in [2.05, 4.69) is 29.0 Å². The zero-order valence-corrected chi connectivity index (χ0v) is 14.3. The molecule has 0 atom stereocenters. The molecule has 0 unspecified atom stereocenters. The number of morpholine rings is 1. The average molecular weight is 321 g/mol. The molecular weight excluding hydrogens is 294 g/mol. The van der Waals surface area contributed by atoms with Crippen molar-refractivity contribution in [2.75, 3.05) is 44.9 Å². The second-order valence-electron chi connectivity index (χ2n) is 5.81. The summed E-state index contributed by atoms with van der Waals surface area (Å²) in [7, 11) is 1.69. The van der Waals surface area contributed by atoms with Crippen LogP contribution in [0.2, 0.25) is 0 Å². The summed E-state index contributed by atoms with van der Waals surface area (Å²) in [5, 5.41) is 2.98. The van der Waals surface area contributed by atoms with Crippen LogP contribution in [-0.4, -0.2) is 56.5 Å². The zero-order valence-electron chi connectivity index (χ0n) is 14.3. The van der Waals surface area contributed by atoms with E-state index in [1.54, 1.807) is 19.5 Å². The second kappa shape index (κ2) is 8.26. The SMILES string of the molecule is CCC(CC)(CNC(=O)c1cncc(N2CCOCC2)c1)OC. The maximum Gasteiger partial charge on any atom is 0.253 e. The summed E-state index contributed by atoms with van der Waals surface area (Å²) < 4.78 is 10.9. The van der Waals surface area contributed by atoms with Crippen LogP contribution in [0.15, 0.2) is 18.5 Å². The Morgan fingerprint density at radius 3 is 2.65 bits per heavy atom. The van der Waals surface area contributed by atoms with E-state index in [0.717, 1.165) is 31.6 Å². The molecule has 23 heavy (non-hydrogen) atoms. The minimum atomic E-state index is -0.301. The van der Waals surface area contributed by atoms with Crippen molar-refractivity contribution in [1.29, 1.82) is 0 Å². The molecule has 1 aromatic heterocycles. The van der Waals surface area contributed by atoms with Gasteiger partial charge in [0.15, 0.2) is 0 Å². The Balaban J connectivity index is 2.02. The van der Waals surface area contributed by atoms with Crippen molar-refractivity contribution in [3.8, 4) is 0 Å². The number of ether oxygens (including phenoxy) is 2. The van der Waals surface area contributed by atoms with E-state index in [1.165, 1.54) is 0 Å². The molecule has 0 spiro atoms. The zero-order chi connectivity index (χ0) is 16.7. The summed E-state index contributed by atoms with van der Waals surface area (Å²) in [6.45, 7) is 7.70. The Morgan fingerprint density at radius 2 is 2.04 bits per heavy atom. The maximum absolute atomic E-state index is 12.4. The monoisotopic (exact) mass is 321 g/mol. The predicted molar refractivity (Wildman–Crippen MR) is 89.9 cm³/mol. The lowest BCUT2D eigenvalue weighted by molar-refractivity contribution is -0.0147. The first-order chi connectivity index (χ1) is 11.1. The molecule has 1 N–H and O–H groups in total. The Labute approximate surface area is 138 Å². The number of rotatable bonds is 7. The van der Waals surface area contributed by atoms with Crippen LogP contribution in [0.1, 0.15) is 37.0 Å². The van der Waals surface area contributed by atoms with Gasteiger partial charge in [-0.05, 0) is 18.9 Å². The maximum atomic E-state index is 12.4. The fourth-order valence-corrected chi connectivity index (χ4v) is 2.75. The highest BCUT2D eigenvalue weighted by molar-refractivity contribution is 5.94. The van der Waals surface area contributed by atoms with Gasteiger partial charge in [0.05, 0.1) is 36.3 Å². The summed E-state index contributed by atoms with van der Waals surface area (Å²) in [5.41, 5.74) is 1.24. The van der Waals surface area contributed by atoms with E-state index in [0.29, 0.717) is 25.3 Å². The van der Waals surface area contributed by atoms with Gasteiger partial charge in [0.2, 0.25) is 0 Å². The summed E-state index contributed by atoms with van der Waals surface area (Å²) in [4.78, 5) is 18.8. The average Bonchev–Trinajstić information content (AvgIpc) is 2.64. The van der Waals surface area contributed by atoms with Crippen LogP contribution in [0, 0.1) is 0 Å². The molecule has 1 amide bonds. The van der Waals surface area contributed by atoms with Gasteiger partial charge in [0.25, 0.3) is 5.91 Å². The molecule has 0 aliphatic carbocycles. The Kier molecular flexibility index (Phi) is 6.36. The van der Waals surface area contributed by atoms with Crippen molar-refractivity contribution >= 4 is 11.6 Å². The van der Waals surface area contributed by atoms with Crippen LogP contribution in [0.3, 0.4) is 0 Å². The fourth-order valence-electron chi connectivity index (χ4n) is 2.75. The number of pyridine rings is 1. The van der Waals surface area contributed by atoms with E-state index < -0.39 is 0 Å². The van der Waals surface area contributed by atoms with Crippen LogP contribution in [-0.2, 0) is 9.47 Å². The van der Waals surface area contributed by atoms with Gasteiger partial charge in [-0.15, -0.1) is 0 Å². The van der Waals surface area contributed by atoms with Crippen LogP contribution in [0.4, 0.5) is 5.69 Å². The van der Waals surface area contributed by atoms with Crippen molar-refractivity contribution in [2.24, 2.45) is 0 Å².